The van der Waals surface area contributed by atoms with Gasteiger partial charge in [0.15, 0.2) is 0 Å². The molecule has 1 aliphatic carbocycles. The second-order valence-electron chi connectivity index (χ2n) is 7.32. The minimum Gasteiger partial charge on any atom is -0.384 e. The Morgan fingerprint density at radius 2 is 1.79 bits per heavy atom. The first-order valence-electron chi connectivity index (χ1n) is 9.26. The molecule has 0 radical (unpaired) electrons. The van der Waals surface area contributed by atoms with Crippen molar-refractivity contribution in [2.75, 3.05) is 33.4 Å². The molecule has 0 aromatic carbocycles. The van der Waals surface area contributed by atoms with Crippen LogP contribution in [0.3, 0.4) is 0 Å². The van der Waals surface area contributed by atoms with Gasteiger partial charge in [0.25, 0.3) is 0 Å². The van der Waals surface area contributed by atoms with Gasteiger partial charge in [-0.1, -0.05) is 19.3 Å². The van der Waals surface area contributed by atoms with E-state index < -0.39 is 6.04 Å². The number of carbonyl (C=O) groups is 1. The molecule has 2 fully saturated rings. The lowest BCUT2D eigenvalue weighted by Crippen LogP contribution is -2.53. The number of hydrogen-bond acceptors (Lipinski definition) is 4. The molecule has 5 nitrogen and oxygen atoms in total. The Balaban J connectivity index is 0.00000288. The highest BCUT2D eigenvalue weighted by molar-refractivity contribution is 5.85. The lowest BCUT2D eigenvalue weighted by Gasteiger charge is -2.35. The summed E-state index contributed by atoms with van der Waals surface area (Å²) in [4.78, 5) is 14.5. The number of halogens is 1. The monoisotopic (exact) mass is 362 g/mol. The Labute approximate surface area is 153 Å². The van der Waals surface area contributed by atoms with E-state index in [1.807, 2.05) is 11.8 Å². The van der Waals surface area contributed by atoms with Gasteiger partial charge in [-0.3, -0.25) is 4.79 Å². The highest BCUT2D eigenvalue weighted by Gasteiger charge is 2.30. The first-order chi connectivity index (χ1) is 11.1. The standard InChI is InChI=1S/C18H34N2O3.ClH/c1-14(23-13-15-7-4-3-5-8-15)17(19)18(21)20-10-6-9-16(11-20)12-22-2;/h14-17H,3-13,19H2,1-2H3;1H/t14-,16+,17+;/m1./s1. The van der Waals surface area contributed by atoms with Crippen LogP contribution in [0.2, 0.25) is 0 Å². The van der Waals surface area contributed by atoms with Crippen molar-refractivity contribution in [3.8, 4) is 0 Å². The summed E-state index contributed by atoms with van der Waals surface area (Å²) in [5, 5.41) is 0. The molecule has 0 bridgehead atoms. The van der Waals surface area contributed by atoms with Gasteiger partial charge in [0.1, 0.15) is 6.04 Å². The van der Waals surface area contributed by atoms with E-state index >= 15 is 0 Å². The second kappa shape index (κ2) is 11.3. The van der Waals surface area contributed by atoms with Crippen molar-refractivity contribution in [2.45, 2.75) is 64.0 Å². The molecule has 2 aliphatic rings. The van der Waals surface area contributed by atoms with E-state index in [0.717, 1.165) is 32.5 Å². The van der Waals surface area contributed by atoms with E-state index in [0.29, 0.717) is 18.4 Å². The van der Waals surface area contributed by atoms with Gasteiger partial charge in [0, 0.05) is 26.8 Å². The maximum absolute atomic E-state index is 12.6. The van der Waals surface area contributed by atoms with Crippen molar-refractivity contribution >= 4 is 18.3 Å². The topological polar surface area (TPSA) is 64.8 Å². The third-order valence-electron chi connectivity index (χ3n) is 5.34. The highest BCUT2D eigenvalue weighted by Crippen LogP contribution is 2.24. The van der Waals surface area contributed by atoms with Crippen molar-refractivity contribution in [3.05, 3.63) is 0 Å². The molecule has 24 heavy (non-hydrogen) atoms. The van der Waals surface area contributed by atoms with E-state index in [2.05, 4.69) is 0 Å². The van der Waals surface area contributed by atoms with E-state index in [1.165, 1.54) is 32.1 Å². The molecule has 1 amide bonds. The lowest BCUT2D eigenvalue weighted by atomic mass is 9.90. The SMILES string of the molecule is COC[C@H]1CCCN(C(=O)[C@@H](N)[C@@H](C)OCC2CCCCC2)C1.Cl. The Hall–Kier alpha value is -0.360. The summed E-state index contributed by atoms with van der Waals surface area (Å²) < 4.78 is 11.2. The summed E-state index contributed by atoms with van der Waals surface area (Å²) in [6, 6.07) is -0.556. The number of ether oxygens (including phenoxy) is 2. The van der Waals surface area contributed by atoms with Gasteiger partial charge in [-0.15, -0.1) is 12.4 Å². The maximum atomic E-state index is 12.6. The average molecular weight is 363 g/mol. The molecule has 1 heterocycles. The van der Waals surface area contributed by atoms with Crippen molar-refractivity contribution in [3.63, 3.8) is 0 Å². The Bertz CT molecular complexity index is 362. The summed E-state index contributed by atoms with van der Waals surface area (Å²) in [5.74, 6) is 1.11. The Morgan fingerprint density at radius 3 is 2.46 bits per heavy atom. The lowest BCUT2D eigenvalue weighted by molar-refractivity contribution is -0.138. The molecule has 1 aliphatic heterocycles. The number of amides is 1. The first-order valence-corrected chi connectivity index (χ1v) is 9.26. The van der Waals surface area contributed by atoms with Crippen LogP contribution in [0.4, 0.5) is 0 Å². The average Bonchev–Trinajstić information content (AvgIpc) is 2.60. The number of hydrogen-bond donors (Lipinski definition) is 1. The molecule has 2 N–H and O–H groups in total. The molecule has 1 saturated heterocycles. The van der Waals surface area contributed by atoms with Crippen LogP contribution in [0.15, 0.2) is 0 Å². The van der Waals surface area contributed by atoms with E-state index in [9.17, 15) is 4.79 Å². The van der Waals surface area contributed by atoms with Gasteiger partial charge < -0.3 is 20.1 Å². The molecule has 1 saturated carbocycles. The van der Waals surface area contributed by atoms with Crippen LogP contribution in [0.25, 0.3) is 0 Å². The normalized spacial score (nSPS) is 25.0. The number of likely N-dealkylation sites (tertiary alicyclic amines) is 1. The number of nitrogens with two attached hydrogens (primary N) is 1. The number of nitrogens with zero attached hydrogens (tertiary/aromatic N) is 1. The summed E-state index contributed by atoms with van der Waals surface area (Å²) >= 11 is 0. The maximum Gasteiger partial charge on any atom is 0.242 e. The summed E-state index contributed by atoms with van der Waals surface area (Å²) in [6.07, 6.45) is 8.41. The van der Waals surface area contributed by atoms with E-state index in [4.69, 9.17) is 15.2 Å². The molecule has 0 aromatic rings. The first kappa shape index (κ1) is 21.7. The smallest absolute Gasteiger partial charge is 0.242 e. The van der Waals surface area contributed by atoms with Crippen molar-refractivity contribution < 1.29 is 14.3 Å². The van der Waals surface area contributed by atoms with Gasteiger partial charge in [-0.05, 0) is 44.4 Å². The molecule has 2 rings (SSSR count). The van der Waals surface area contributed by atoms with Crippen molar-refractivity contribution in [2.24, 2.45) is 17.6 Å². The summed E-state index contributed by atoms with van der Waals surface area (Å²) in [5.41, 5.74) is 6.18. The van der Waals surface area contributed by atoms with Crippen LogP contribution in [-0.4, -0.2) is 56.4 Å². The van der Waals surface area contributed by atoms with Crippen molar-refractivity contribution in [1.82, 2.24) is 4.90 Å². The molecular formula is C18H35ClN2O3. The minimum atomic E-state index is -0.556. The largest absolute Gasteiger partial charge is 0.384 e. The second-order valence-corrected chi connectivity index (χ2v) is 7.32. The third-order valence-corrected chi connectivity index (χ3v) is 5.34. The van der Waals surface area contributed by atoms with Crippen LogP contribution in [-0.2, 0) is 14.3 Å². The fraction of sp³-hybridized carbons (Fsp3) is 0.944. The Kier molecular flexibility index (Phi) is 10.2. The van der Waals surface area contributed by atoms with Gasteiger partial charge in [-0.2, -0.15) is 0 Å². The van der Waals surface area contributed by atoms with E-state index in [-0.39, 0.29) is 24.4 Å². The number of carbonyl (C=O) groups excluding carboxylic acids is 1. The van der Waals surface area contributed by atoms with Crippen LogP contribution in [0, 0.1) is 11.8 Å². The fourth-order valence-electron chi connectivity index (χ4n) is 3.79. The predicted molar refractivity (Wildman–Crippen MR) is 98.4 cm³/mol. The zero-order chi connectivity index (χ0) is 16.7. The molecule has 142 valence electrons. The third kappa shape index (κ3) is 6.51. The molecule has 0 unspecified atom stereocenters. The summed E-state index contributed by atoms with van der Waals surface area (Å²) in [6.45, 7) is 4.96. The summed E-state index contributed by atoms with van der Waals surface area (Å²) in [7, 11) is 1.72. The highest BCUT2D eigenvalue weighted by atomic mass is 35.5. The van der Waals surface area contributed by atoms with Crippen LogP contribution >= 0.6 is 12.4 Å². The van der Waals surface area contributed by atoms with Gasteiger partial charge >= 0.3 is 0 Å². The minimum absolute atomic E-state index is 0. The number of rotatable bonds is 7. The Morgan fingerprint density at radius 1 is 1.12 bits per heavy atom. The zero-order valence-corrected chi connectivity index (χ0v) is 16.1. The predicted octanol–water partition coefficient (Wildman–Crippen LogP) is 2.61. The molecule has 6 heteroatoms. The van der Waals surface area contributed by atoms with Crippen LogP contribution in [0.1, 0.15) is 51.9 Å². The quantitative estimate of drug-likeness (QED) is 0.756. The molecule has 0 aromatic heterocycles. The van der Waals surface area contributed by atoms with Gasteiger partial charge in [0.2, 0.25) is 5.91 Å². The van der Waals surface area contributed by atoms with Crippen LogP contribution < -0.4 is 5.73 Å². The number of piperidine rings is 1. The van der Waals surface area contributed by atoms with Gasteiger partial charge in [0.05, 0.1) is 12.7 Å². The van der Waals surface area contributed by atoms with Crippen molar-refractivity contribution in [1.29, 1.82) is 0 Å². The van der Waals surface area contributed by atoms with E-state index in [1.54, 1.807) is 7.11 Å². The van der Waals surface area contributed by atoms with Gasteiger partial charge in [-0.25, -0.2) is 0 Å². The number of methoxy groups -OCH3 is 1. The molecule has 0 spiro atoms. The zero-order valence-electron chi connectivity index (χ0n) is 15.2. The molecular weight excluding hydrogens is 328 g/mol. The van der Waals surface area contributed by atoms with Crippen LogP contribution in [0.5, 0.6) is 0 Å². The fourth-order valence-corrected chi connectivity index (χ4v) is 3.79. The molecule has 3 atom stereocenters.